The number of halogens is 1. The third kappa shape index (κ3) is 5.98. The molecule has 0 aromatic heterocycles. The van der Waals surface area contributed by atoms with E-state index in [1.54, 1.807) is 26.0 Å². The van der Waals surface area contributed by atoms with Crippen molar-refractivity contribution >= 4 is 46.5 Å². The van der Waals surface area contributed by atoms with E-state index in [1.807, 2.05) is 44.7 Å². The van der Waals surface area contributed by atoms with Crippen molar-refractivity contribution in [3.63, 3.8) is 0 Å². The molecule has 31 heavy (non-hydrogen) atoms. The molecule has 0 saturated carbocycles. The smallest absolute Gasteiger partial charge is 0.338 e. The van der Waals surface area contributed by atoms with Gasteiger partial charge in [-0.25, -0.2) is 4.79 Å². The van der Waals surface area contributed by atoms with Crippen LogP contribution in [-0.2, 0) is 14.3 Å². The van der Waals surface area contributed by atoms with Gasteiger partial charge in [0.15, 0.2) is 5.11 Å². The molecule has 6 nitrogen and oxygen atoms in total. The van der Waals surface area contributed by atoms with E-state index in [0.29, 0.717) is 29.5 Å². The molecule has 0 radical (unpaired) electrons. The zero-order chi connectivity index (χ0) is 23.3. The Labute approximate surface area is 195 Å². The Balaban J connectivity index is 2.33. The van der Waals surface area contributed by atoms with E-state index in [0.717, 1.165) is 11.3 Å². The molecular formula is C23H32ClN3O3S. The number of nitrogens with one attached hydrogen (secondary N) is 2. The van der Waals surface area contributed by atoms with Crippen LogP contribution < -0.4 is 10.6 Å². The van der Waals surface area contributed by atoms with Crippen LogP contribution in [0.3, 0.4) is 0 Å². The summed E-state index contributed by atoms with van der Waals surface area (Å²) in [5, 5.41) is 6.71. The molecule has 0 spiro atoms. The van der Waals surface area contributed by atoms with Crippen LogP contribution >= 0.6 is 23.8 Å². The van der Waals surface area contributed by atoms with Crippen molar-refractivity contribution in [2.45, 2.75) is 47.6 Å². The van der Waals surface area contributed by atoms with Crippen LogP contribution in [0.2, 0.25) is 0 Å². The number of rotatable bonds is 8. The second kappa shape index (κ2) is 10.5. The largest absolute Gasteiger partial charge is 0.462 e. The van der Waals surface area contributed by atoms with E-state index in [9.17, 15) is 9.59 Å². The van der Waals surface area contributed by atoms with Crippen LogP contribution in [0.5, 0.6) is 0 Å². The highest BCUT2D eigenvalue weighted by Gasteiger charge is 2.34. The summed E-state index contributed by atoms with van der Waals surface area (Å²) in [4.78, 5) is 27.2. The third-order valence-electron chi connectivity index (χ3n) is 5.13. The van der Waals surface area contributed by atoms with Gasteiger partial charge in [0.2, 0.25) is 5.91 Å². The van der Waals surface area contributed by atoms with Crippen LogP contribution in [-0.4, -0.2) is 40.9 Å². The summed E-state index contributed by atoms with van der Waals surface area (Å²) in [5.41, 5.74) is 2.16. The minimum atomic E-state index is -0.672. The molecule has 170 valence electrons. The Bertz CT molecular complexity index is 865. The Morgan fingerprint density at radius 2 is 1.90 bits per heavy atom. The number of hydrogen-bond acceptors (Lipinski definition) is 4. The predicted molar refractivity (Wildman–Crippen MR) is 129 cm³/mol. The number of amides is 1. The van der Waals surface area contributed by atoms with Gasteiger partial charge in [-0.3, -0.25) is 4.79 Å². The van der Waals surface area contributed by atoms with Crippen LogP contribution in [0.15, 0.2) is 35.5 Å². The van der Waals surface area contributed by atoms with Crippen LogP contribution in [0.1, 0.15) is 53.1 Å². The number of anilines is 1. The first-order valence-electron chi connectivity index (χ1n) is 10.4. The van der Waals surface area contributed by atoms with Crippen molar-refractivity contribution in [2.75, 3.05) is 24.3 Å². The van der Waals surface area contributed by atoms with Crippen molar-refractivity contribution in [1.82, 2.24) is 10.2 Å². The molecule has 2 N–H and O–H groups in total. The summed E-state index contributed by atoms with van der Waals surface area (Å²) < 4.78 is 5.54. The molecule has 8 heteroatoms. The predicted octanol–water partition coefficient (Wildman–Crippen LogP) is 4.61. The lowest BCUT2D eigenvalue weighted by atomic mass is 9.94. The third-order valence-corrected chi connectivity index (χ3v) is 6.14. The molecule has 0 aliphatic carbocycles. The number of carbonyl (C=O) groups excluding carboxylic acids is 2. The first kappa shape index (κ1) is 25.1. The van der Waals surface area contributed by atoms with Gasteiger partial charge >= 0.3 is 5.97 Å². The highest BCUT2D eigenvalue weighted by Crippen LogP contribution is 2.32. The van der Waals surface area contributed by atoms with Crippen LogP contribution in [0.25, 0.3) is 0 Å². The van der Waals surface area contributed by atoms with E-state index < -0.39 is 11.5 Å². The molecule has 1 aromatic carbocycles. The number of hydrogen-bond donors (Lipinski definition) is 2. The van der Waals surface area contributed by atoms with Crippen molar-refractivity contribution in [3.05, 3.63) is 41.1 Å². The molecule has 1 aromatic rings. The highest BCUT2D eigenvalue weighted by molar-refractivity contribution is 7.80. The van der Waals surface area contributed by atoms with Crippen molar-refractivity contribution in [3.8, 4) is 0 Å². The fourth-order valence-corrected chi connectivity index (χ4v) is 3.62. The molecular weight excluding hydrogens is 434 g/mol. The maximum Gasteiger partial charge on any atom is 0.338 e. The molecule has 1 aliphatic heterocycles. The Morgan fingerprint density at radius 1 is 1.29 bits per heavy atom. The zero-order valence-corrected chi connectivity index (χ0v) is 20.6. The van der Waals surface area contributed by atoms with Gasteiger partial charge in [0.1, 0.15) is 0 Å². The van der Waals surface area contributed by atoms with Crippen LogP contribution in [0, 0.1) is 11.3 Å². The first-order chi connectivity index (χ1) is 14.5. The lowest BCUT2D eigenvalue weighted by Crippen LogP contribution is -2.47. The Kier molecular flexibility index (Phi) is 8.49. The number of thiocarbonyl (C=S) groups is 1. The number of carbonyl (C=O) groups is 2. The normalized spacial score (nSPS) is 17.0. The molecule has 2 rings (SSSR count). The first-order valence-corrected chi connectivity index (χ1v) is 11.4. The molecule has 1 heterocycles. The number of nitrogens with zero attached hydrogens (tertiary/aromatic N) is 1. The van der Waals surface area contributed by atoms with Gasteiger partial charge in [-0.2, -0.15) is 0 Å². The lowest BCUT2D eigenvalue weighted by molar-refractivity contribution is -0.140. The summed E-state index contributed by atoms with van der Waals surface area (Å²) >= 11 is 11.4. The van der Waals surface area contributed by atoms with E-state index in [1.165, 1.54) is 0 Å². The highest BCUT2D eigenvalue weighted by atomic mass is 35.5. The monoisotopic (exact) mass is 465 g/mol. The minimum Gasteiger partial charge on any atom is -0.462 e. The molecule has 1 amide bonds. The van der Waals surface area contributed by atoms with E-state index >= 15 is 0 Å². The van der Waals surface area contributed by atoms with Gasteiger partial charge in [0, 0.05) is 23.8 Å². The van der Waals surface area contributed by atoms with Gasteiger partial charge < -0.3 is 20.3 Å². The number of ether oxygens (including phenoxy) is 1. The Hall–Kier alpha value is -2.12. The Morgan fingerprint density at radius 3 is 2.42 bits per heavy atom. The molecule has 0 saturated heterocycles. The summed E-state index contributed by atoms with van der Waals surface area (Å²) in [6, 6.07) is 6.92. The van der Waals surface area contributed by atoms with Crippen molar-refractivity contribution in [2.24, 2.45) is 11.3 Å². The average Bonchev–Trinajstić information content (AvgIpc) is 2.72. The van der Waals surface area contributed by atoms with Gasteiger partial charge in [-0.1, -0.05) is 26.0 Å². The second-order valence-corrected chi connectivity index (χ2v) is 9.37. The topological polar surface area (TPSA) is 70.7 Å². The fraction of sp³-hybridized carbons (Fsp3) is 0.522. The van der Waals surface area contributed by atoms with E-state index in [2.05, 4.69) is 10.6 Å². The lowest BCUT2D eigenvalue weighted by Gasteiger charge is -2.37. The van der Waals surface area contributed by atoms with E-state index in [-0.39, 0.29) is 23.7 Å². The second-order valence-electron chi connectivity index (χ2n) is 8.71. The van der Waals surface area contributed by atoms with Crippen molar-refractivity contribution < 1.29 is 14.3 Å². The quantitative estimate of drug-likeness (QED) is 0.332. The SMILES string of the molecule is CCN1C(=S)N[C@@H](c2ccc(NC(=O)C(C)(C)CCl)cc2)C(C(=O)OCC(C)C)=C1C. The standard InChI is InChI=1S/C23H32ClN3O3S/c1-7-27-15(4)18(20(28)30-12-14(2)3)19(26-22(27)31)16-8-10-17(11-9-16)25-21(29)23(5,6)13-24/h8-11,14,19H,7,12-13H2,1-6H3,(H,25,29)(H,26,31)/t19-/m0/s1. The van der Waals surface area contributed by atoms with Gasteiger partial charge in [0.05, 0.1) is 23.6 Å². The zero-order valence-electron chi connectivity index (χ0n) is 19.0. The number of benzene rings is 1. The summed E-state index contributed by atoms with van der Waals surface area (Å²) in [7, 11) is 0. The van der Waals surface area contributed by atoms with Crippen LogP contribution in [0.4, 0.5) is 5.69 Å². The maximum atomic E-state index is 13.0. The fourth-order valence-electron chi connectivity index (χ4n) is 3.12. The average molecular weight is 466 g/mol. The van der Waals surface area contributed by atoms with Crippen molar-refractivity contribution in [1.29, 1.82) is 0 Å². The van der Waals surface area contributed by atoms with Gasteiger partial charge in [-0.15, -0.1) is 11.6 Å². The number of esters is 1. The maximum absolute atomic E-state index is 13.0. The number of alkyl halides is 1. The molecule has 0 fully saturated rings. The molecule has 1 atom stereocenters. The summed E-state index contributed by atoms with van der Waals surface area (Å²) in [6.07, 6.45) is 0. The molecule has 0 bridgehead atoms. The van der Waals surface area contributed by atoms with E-state index in [4.69, 9.17) is 28.6 Å². The number of allylic oxidation sites excluding steroid dienone is 1. The minimum absolute atomic E-state index is 0.153. The van der Waals surface area contributed by atoms with Gasteiger partial charge in [-0.05, 0) is 63.5 Å². The summed E-state index contributed by atoms with van der Waals surface area (Å²) in [5.74, 6) is -0.0473. The summed E-state index contributed by atoms with van der Waals surface area (Å²) in [6.45, 7) is 12.4. The van der Waals surface area contributed by atoms with Gasteiger partial charge in [0.25, 0.3) is 0 Å². The molecule has 0 unspecified atom stereocenters. The molecule has 1 aliphatic rings.